The molecule has 23 heavy (non-hydrogen) atoms. The van der Waals surface area contributed by atoms with Gasteiger partial charge in [0, 0.05) is 4.47 Å². The molecule has 6 heteroatoms. The first-order valence-electron chi connectivity index (χ1n) is 6.93. The number of hydrogen-bond donors (Lipinski definition) is 1. The van der Waals surface area contributed by atoms with Gasteiger partial charge in [0.15, 0.2) is 6.61 Å². The fourth-order valence-electron chi connectivity index (χ4n) is 1.79. The molecule has 2 rings (SSSR count). The van der Waals surface area contributed by atoms with Gasteiger partial charge < -0.3 is 9.47 Å². The van der Waals surface area contributed by atoms with Crippen LogP contribution in [0.15, 0.2) is 52.0 Å². The van der Waals surface area contributed by atoms with E-state index in [1.807, 2.05) is 43.3 Å². The quantitative estimate of drug-likeness (QED) is 0.621. The average molecular weight is 377 g/mol. The lowest BCUT2D eigenvalue weighted by Crippen LogP contribution is -2.24. The van der Waals surface area contributed by atoms with Crippen LogP contribution in [-0.4, -0.2) is 25.8 Å². The van der Waals surface area contributed by atoms with E-state index in [1.54, 1.807) is 19.4 Å². The third-order valence-corrected chi connectivity index (χ3v) is 3.89. The molecular weight excluding hydrogens is 360 g/mol. The average Bonchev–Trinajstić information content (AvgIpc) is 2.56. The maximum atomic E-state index is 11.7. The molecule has 2 aromatic rings. The lowest BCUT2D eigenvalue weighted by Gasteiger charge is -2.06. The maximum Gasteiger partial charge on any atom is 0.277 e. The predicted octanol–water partition coefficient (Wildman–Crippen LogP) is 3.30. The molecule has 0 aromatic heterocycles. The van der Waals surface area contributed by atoms with Gasteiger partial charge in [-0.2, -0.15) is 5.10 Å². The number of rotatable bonds is 6. The summed E-state index contributed by atoms with van der Waals surface area (Å²) in [6, 6.07) is 12.9. The minimum atomic E-state index is -0.329. The van der Waals surface area contributed by atoms with E-state index < -0.39 is 0 Å². The van der Waals surface area contributed by atoms with E-state index in [4.69, 9.17) is 9.47 Å². The fraction of sp³-hybridized carbons (Fsp3) is 0.176. The van der Waals surface area contributed by atoms with E-state index in [0.717, 1.165) is 21.3 Å². The highest BCUT2D eigenvalue weighted by molar-refractivity contribution is 9.10. The van der Waals surface area contributed by atoms with Crippen molar-refractivity contribution in [2.45, 2.75) is 6.92 Å². The van der Waals surface area contributed by atoms with Gasteiger partial charge in [0.25, 0.3) is 5.91 Å². The second-order valence-corrected chi connectivity index (χ2v) is 5.62. The van der Waals surface area contributed by atoms with Gasteiger partial charge in [0.2, 0.25) is 0 Å². The van der Waals surface area contributed by atoms with Gasteiger partial charge >= 0.3 is 0 Å². The van der Waals surface area contributed by atoms with Crippen molar-refractivity contribution in [2.75, 3.05) is 13.7 Å². The Labute approximate surface area is 143 Å². The number of ether oxygens (including phenoxy) is 2. The highest BCUT2D eigenvalue weighted by Gasteiger charge is 2.03. The van der Waals surface area contributed by atoms with Crippen LogP contribution in [0.3, 0.4) is 0 Å². The molecule has 0 atom stereocenters. The number of hydrazone groups is 1. The number of halogens is 1. The molecule has 0 spiro atoms. The number of nitrogens with zero attached hydrogens (tertiary/aromatic N) is 1. The van der Waals surface area contributed by atoms with Gasteiger partial charge in [-0.3, -0.25) is 4.79 Å². The molecule has 0 saturated carbocycles. The van der Waals surface area contributed by atoms with Crippen LogP contribution in [0.4, 0.5) is 0 Å². The van der Waals surface area contributed by atoms with E-state index in [9.17, 15) is 4.79 Å². The summed E-state index contributed by atoms with van der Waals surface area (Å²) in [6.45, 7) is 1.85. The summed E-state index contributed by atoms with van der Waals surface area (Å²) < 4.78 is 11.5. The van der Waals surface area contributed by atoms with Gasteiger partial charge in [-0.1, -0.05) is 28.1 Å². The van der Waals surface area contributed by atoms with Crippen molar-refractivity contribution < 1.29 is 14.3 Å². The van der Waals surface area contributed by atoms with E-state index in [-0.39, 0.29) is 12.5 Å². The van der Waals surface area contributed by atoms with Crippen LogP contribution >= 0.6 is 15.9 Å². The number of nitrogens with one attached hydrogen (secondary N) is 1. The lowest BCUT2D eigenvalue weighted by molar-refractivity contribution is -0.123. The van der Waals surface area contributed by atoms with Crippen LogP contribution < -0.4 is 14.9 Å². The van der Waals surface area contributed by atoms with Crippen LogP contribution in [0, 0.1) is 6.92 Å². The lowest BCUT2D eigenvalue weighted by atomic mass is 10.2. The van der Waals surface area contributed by atoms with Crippen LogP contribution in [0.2, 0.25) is 0 Å². The molecule has 0 saturated heterocycles. The van der Waals surface area contributed by atoms with Gasteiger partial charge in [-0.15, -0.1) is 0 Å². The Balaban J connectivity index is 1.82. The van der Waals surface area contributed by atoms with Crippen molar-refractivity contribution in [3.05, 3.63) is 58.1 Å². The second kappa shape index (κ2) is 8.33. The Kier molecular flexibility index (Phi) is 6.17. The SMILES string of the molecule is COc1cccc(/C=N/NC(=O)COc2ccc(Br)c(C)c2)c1. The highest BCUT2D eigenvalue weighted by Crippen LogP contribution is 2.21. The number of carbonyl (C=O) groups is 1. The van der Waals surface area contributed by atoms with Gasteiger partial charge in [0.1, 0.15) is 11.5 Å². The van der Waals surface area contributed by atoms with Crippen LogP contribution in [0.1, 0.15) is 11.1 Å². The summed E-state index contributed by atoms with van der Waals surface area (Å²) >= 11 is 3.41. The molecule has 1 amide bonds. The van der Waals surface area contributed by atoms with Gasteiger partial charge in [0.05, 0.1) is 13.3 Å². The molecule has 0 aliphatic heterocycles. The first-order valence-corrected chi connectivity index (χ1v) is 7.72. The minimum absolute atomic E-state index is 0.101. The predicted molar refractivity (Wildman–Crippen MR) is 93.1 cm³/mol. The summed E-state index contributed by atoms with van der Waals surface area (Å²) in [5, 5.41) is 3.89. The Bertz CT molecular complexity index is 717. The van der Waals surface area contributed by atoms with Crippen molar-refractivity contribution in [3.8, 4) is 11.5 Å². The van der Waals surface area contributed by atoms with E-state index >= 15 is 0 Å². The van der Waals surface area contributed by atoms with E-state index in [2.05, 4.69) is 26.5 Å². The summed E-state index contributed by atoms with van der Waals surface area (Å²) in [4.78, 5) is 11.7. The smallest absolute Gasteiger partial charge is 0.277 e. The molecular formula is C17H17BrN2O3. The molecule has 0 fully saturated rings. The topological polar surface area (TPSA) is 59.9 Å². The summed E-state index contributed by atoms with van der Waals surface area (Å²) in [5.74, 6) is 1.04. The molecule has 120 valence electrons. The summed E-state index contributed by atoms with van der Waals surface area (Å²) in [5.41, 5.74) is 4.29. The van der Waals surface area contributed by atoms with Crippen LogP contribution in [-0.2, 0) is 4.79 Å². The molecule has 0 radical (unpaired) electrons. The van der Waals surface area contributed by atoms with Gasteiger partial charge in [-0.05, 0) is 48.4 Å². The van der Waals surface area contributed by atoms with Crippen LogP contribution in [0.5, 0.6) is 11.5 Å². The number of hydrogen-bond acceptors (Lipinski definition) is 4. The molecule has 5 nitrogen and oxygen atoms in total. The third kappa shape index (κ3) is 5.41. The Morgan fingerprint density at radius 3 is 2.83 bits per heavy atom. The van der Waals surface area contributed by atoms with Crippen molar-refractivity contribution in [1.29, 1.82) is 0 Å². The maximum absolute atomic E-state index is 11.7. The second-order valence-electron chi connectivity index (χ2n) is 4.77. The molecule has 0 bridgehead atoms. The number of aryl methyl sites for hydroxylation is 1. The van der Waals surface area contributed by atoms with Crippen molar-refractivity contribution in [2.24, 2.45) is 5.10 Å². The summed E-state index contributed by atoms with van der Waals surface area (Å²) in [6.07, 6.45) is 1.55. The molecule has 0 heterocycles. The Morgan fingerprint density at radius 2 is 2.09 bits per heavy atom. The first-order chi connectivity index (χ1) is 11.1. The Hall–Kier alpha value is -2.34. The molecule has 0 unspecified atom stereocenters. The standard InChI is InChI=1S/C17H17BrN2O3/c1-12-8-15(6-7-16(12)18)23-11-17(21)20-19-10-13-4-3-5-14(9-13)22-2/h3-10H,11H2,1-2H3,(H,20,21)/b19-10+. The number of methoxy groups -OCH3 is 1. The third-order valence-electron chi connectivity index (χ3n) is 3.00. The molecule has 0 aliphatic rings. The molecule has 1 N–H and O–H groups in total. The largest absolute Gasteiger partial charge is 0.497 e. The van der Waals surface area contributed by atoms with Gasteiger partial charge in [-0.25, -0.2) is 5.43 Å². The Morgan fingerprint density at radius 1 is 1.26 bits per heavy atom. The highest BCUT2D eigenvalue weighted by atomic mass is 79.9. The summed E-state index contributed by atoms with van der Waals surface area (Å²) in [7, 11) is 1.60. The number of benzene rings is 2. The zero-order valence-corrected chi connectivity index (χ0v) is 14.5. The zero-order valence-electron chi connectivity index (χ0n) is 12.9. The fourth-order valence-corrected chi connectivity index (χ4v) is 2.04. The number of amides is 1. The normalized spacial score (nSPS) is 10.6. The number of carbonyl (C=O) groups excluding carboxylic acids is 1. The molecule has 2 aromatic carbocycles. The van der Waals surface area contributed by atoms with Crippen LogP contribution in [0.25, 0.3) is 0 Å². The van der Waals surface area contributed by atoms with Crippen molar-refractivity contribution in [3.63, 3.8) is 0 Å². The van der Waals surface area contributed by atoms with Crippen molar-refractivity contribution in [1.82, 2.24) is 5.43 Å². The van der Waals surface area contributed by atoms with E-state index in [0.29, 0.717) is 5.75 Å². The van der Waals surface area contributed by atoms with E-state index in [1.165, 1.54) is 0 Å². The van der Waals surface area contributed by atoms with Crippen molar-refractivity contribution >= 4 is 28.1 Å². The molecule has 0 aliphatic carbocycles. The zero-order chi connectivity index (χ0) is 16.7. The first kappa shape index (κ1) is 17.0. The minimum Gasteiger partial charge on any atom is -0.497 e. The monoisotopic (exact) mass is 376 g/mol.